The van der Waals surface area contributed by atoms with Crippen molar-refractivity contribution in [3.05, 3.63) is 100 Å². The largest absolute Gasteiger partial charge is 0.493 e. The standard InChI is InChI=1S/C27H26ClN7O4/c28-26-32-24(29-12-17(15-7-3-1-4-8-15)16-9-5-2-6-10-16)21-25(33-26)34(14-31-21)18-11-19(23(38)22(18)37)35-20(36)13-30-27(35)39/h1-10,13-14,17-19,22-23,36-38H,11-12H2,(H,30,39)(H,29,32,33)/t18-,19+,22+,23-/m1/s1. The fourth-order valence-electron chi connectivity index (χ4n) is 5.46. The number of nitrogens with zero attached hydrogens (tertiary/aromatic N) is 5. The third-order valence-corrected chi connectivity index (χ3v) is 7.54. The van der Waals surface area contributed by atoms with Gasteiger partial charge < -0.3 is 30.2 Å². The minimum atomic E-state index is -1.31. The van der Waals surface area contributed by atoms with Gasteiger partial charge in [0.05, 0.1) is 24.6 Å². The van der Waals surface area contributed by atoms with E-state index < -0.39 is 30.0 Å². The van der Waals surface area contributed by atoms with Crippen LogP contribution in [0.4, 0.5) is 5.82 Å². The van der Waals surface area contributed by atoms with Crippen LogP contribution in [0.25, 0.3) is 11.2 Å². The zero-order chi connectivity index (χ0) is 27.1. The van der Waals surface area contributed by atoms with Crippen molar-refractivity contribution < 1.29 is 15.3 Å². The van der Waals surface area contributed by atoms with Crippen LogP contribution in [0.2, 0.25) is 5.28 Å². The second-order valence-corrected chi connectivity index (χ2v) is 9.93. The molecule has 1 aliphatic carbocycles. The summed E-state index contributed by atoms with van der Waals surface area (Å²) >= 11 is 6.33. The maximum atomic E-state index is 12.2. The minimum Gasteiger partial charge on any atom is -0.493 e. The fourth-order valence-corrected chi connectivity index (χ4v) is 5.63. The second kappa shape index (κ2) is 10.2. The molecule has 5 aromatic rings. The Morgan fingerprint density at radius 2 is 1.64 bits per heavy atom. The molecule has 3 heterocycles. The number of anilines is 1. The van der Waals surface area contributed by atoms with Gasteiger partial charge in [0.1, 0.15) is 12.2 Å². The monoisotopic (exact) mass is 547 g/mol. The normalized spacial score (nSPS) is 21.1. The van der Waals surface area contributed by atoms with Gasteiger partial charge in [-0.25, -0.2) is 9.78 Å². The summed E-state index contributed by atoms with van der Waals surface area (Å²) in [5, 5.41) is 35.1. The molecule has 0 saturated heterocycles. The third kappa shape index (κ3) is 4.54. The molecule has 0 aliphatic heterocycles. The zero-order valence-corrected chi connectivity index (χ0v) is 21.3. The molecular weight excluding hydrogens is 522 g/mol. The van der Waals surface area contributed by atoms with Crippen LogP contribution in [-0.4, -0.2) is 63.1 Å². The molecular formula is C27H26ClN7O4. The number of H-pyrrole nitrogens is 1. The first-order chi connectivity index (χ1) is 18.9. The molecule has 0 amide bonds. The van der Waals surface area contributed by atoms with E-state index >= 15 is 0 Å². The number of aromatic hydroxyl groups is 1. The predicted molar refractivity (Wildman–Crippen MR) is 145 cm³/mol. The van der Waals surface area contributed by atoms with Crippen LogP contribution < -0.4 is 11.0 Å². The van der Waals surface area contributed by atoms with Gasteiger partial charge in [0.25, 0.3) is 0 Å². The zero-order valence-electron chi connectivity index (χ0n) is 20.6. The number of aromatic nitrogens is 6. The maximum absolute atomic E-state index is 12.2. The van der Waals surface area contributed by atoms with Crippen molar-refractivity contribution in [1.82, 2.24) is 29.1 Å². The number of hydrogen-bond donors (Lipinski definition) is 5. The Morgan fingerprint density at radius 3 is 2.26 bits per heavy atom. The average molecular weight is 548 g/mol. The van der Waals surface area contributed by atoms with Crippen LogP contribution in [0.15, 0.2) is 78.0 Å². The third-order valence-electron chi connectivity index (χ3n) is 7.37. The van der Waals surface area contributed by atoms with Gasteiger partial charge in [0.2, 0.25) is 11.2 Å². The van der Waals surface area contributed by atoms with E-state index in [-0.39, 0.29) is 23.5 Å². The Hall–Kier alpha value is -4.19. The van der Waals surface area contributed by atoms with E-state index in [4.69, 9.17) is 11.6 Å². The van der Waals surface area contributed by atoms with Crippen molar-refractivity contribution >= 4 is 28.6 Å². The summed E-state index contributed by atoms with van der Waals surface area (Å²) in [5.74, 6) is 0.138. The van der Waals surface area contributed by atoms with E-state index in [1.165, 1.54) is 6.33 Å². The summed E-state index contributed by atoms with van der Waals surface area (Å²) < 4.78 is 2.66. The summed E-state index contributed by atoms with van der Waals surface area (Å²) in [7, 11) is 0. The van der Waals surface area contributed by atoms with Crippen LogP contribution >= 0.6 is 11.6 Å². The number of fused-ring (bicyclic) bond motifs is 1. The van der Waals surface area contributed by atoms with Crippen LogP contribution in [0.1, 0.15) is 35.5 Å². The number of aliphatic hydroxyl groups is 2. The molecule has 6 rings (SSSR count). The molecule has 0 spiro atoms. The summed E-state index contributed by atoms with van der Waals surface area (Å²) in [6.07, 6.45) is 0.242. The molecule has 12 heteroatoms. The molecule has 1 fully saturated rings. The highest BCUT2D eigenvalue weighted by Gasteiger charge is 2.45. The van der Waals surface area contributed by atoms with Crippen LogP contribution in [0.3, 0.4) is 0 Å². The lowest BCUT2D eigenvalue weighted by atomic mass is 9.91. The number of aromatic amines is 1. The number of halogens is 1. The second-order valence-electron chi connectivity index (χ2n) is 9.59. The van der Waals surface area contributed by atoms with E-state index in [9.17, 15) is 20.1 Å². The average Bonchev–Trinajstić information content (AvgIpc) is 3.60. The first kappa shape index (κ1) is 25.1. The van der Waals surface area contributed by atoms with Crippen LogP contribution in [0.5, 0.6) is 5.88 Å². The van der Waals surface area contributed by atoms with Crippen LogP contribution in [-0.2, 0) is 0 Å². The summed E-state index contributed by atoms with van der Waals surface area (Å²) in [5.41, 5.74) is 2.51. The highest BCUT2D eigenvalue weighted by atomic mass is 35.5. The lowest BCUT2D eigenvalue weighted by Crippen LogP contribution is -2.33. The fraction of sp³-hybridized carbons (Fsp3) is 0.259. The number of nitrogens with one attached hydrogen (secondary N) is 2. The molecule has 0 unspecified atom stereocenters. The first-order valence-corrected chi connectivity index (χ1v) is 12.9. The van der Waals surface area contributed by atoms with E-state index in [0.29, 0.717) is 23.5 Å². The van der Waals surface area contributed by atoms with E-state index in [1.54, 1.807) is 4.57 Å². The van der Waals surface area contributed by atoms with Gasteiger partial charge in [-0.1, -0.05) is 60.7 Å². The van der Waals surface area contributed by atoms with Crippen molar-refractivity contribution in [1.29, 1.82) is 0 Å². The van der Waals surface area contributed by atoms with E-state index in [2.05, 4.69) is 49.5 Å². The van der Waals surface area contributed by atoms with Gasteiger partial charge in [-0.15, -0.1) is 0 Å². The molecule has 2 aromatic carbocycles. The SMILES string of the molecule is O=c1[nH]cc(O)n1[C@H]1C[C@@H](n2cnc3c(NCC(c4ccccc4)c4ccccc4)nc(Cl)nc32)[C@H](O)[C@@H]1O. The van der Waals surface area contributed by atoms with Crippen molar-refractivity contribution in [2.24, 2.45) is 0 Å². The minimum absolute atomic E-state index is 0.00759. The number of imidazole rings is 2. The first-order valence-electron chi connectivity index (χ1n) is 12.5. The molecule has 1 saturated carbocycles. The number of hydrogen-bond acceptors (Lipinski definition) is 8. The Morgan fingerprint density at radius 1 is 1.00 bits per heavy atom. The Labute approximate surface area is 227 Å². The van der Waals surface area contributed by atoms with Gasteiger partial charge in [-0.05, 0) is 29.1 Å². The van der Waals surface area contributed by atoms with E-state index in [0.717, 1.165) is 21.9 Å². The van der Waals surface area contributed by atoms with Gasteiger partial charge in [0, 0.05) is 12.5 Å². The molecule has 3 aromatic heterocycles. The summed E-state index contributed by atoms with van der Waals surface area (Å²) in [6, 6.07) is 18.7. The number of benzene rings is 2. The topological polar surface area (TPSA) is 154 Å². The summed E-state index contributed by atoms with van der Waals surface area (Å²) in [4.78, 5) is 27.8. The van der Waals surface area contributed by atoms with Crippen LogP contribution in [0, 0.1) is 0 Å². The highest BCUT2D eigenvalue weighted by molar-refractivity contribution is 6.28. The Kier molecular flexibility index (Phi) is 6.55. The van der Waals surface area contributed by atoms with Crippen molar-refractivity contribution in [2.45, 2.75) is 36.6 Å². The Balaban J connectivity index is 1.32. The Bertz CT molecular complexity index is 1610. The molecule has 4 atom stereocenters. The lowest BCUT2D eigenvalue weighted by molar-refractivity contribution is 0.00763. The smallest absolute Gasteiger partial charge is 0.328 e. The molecule has 39 heavy (non-hydrogen) atoms. The highest BCUT2D eigenvalue weighted by Crippen LogP contribution is 2.41. The molecule has 200 valence electrons. The summed E-state index contributed by atoms with van der Waals surface area (Å²) in [6.45, 7) is 0.506. The number of aliphatic hydroxyl groups excluding tert-OH is 2. The van der Waals surface area contributed by atoms with Gasteiger partial charge in [-0.3, -0.25) is 4.57 Å². The molecule has 0 radical (unpaired) electrons. The van der Waals surface area contributed by atoms with Gasteiger partial charge in [-0.2, -0.15) is 9.97 Å². The maximum Gasteiger partial charge on any atom is 0.328 e. The van der Waals surface area contributed by atoms with Crippen molar-refractivity contribution in [3.63, 3.8) is 0 Å². The predicted octanol–water partition coefficient (Wildman–Crippen LogP) is 2.83. The van der Waals surface area contributed by atoms with Crippen molar-refractivity contribution in [2.75, 3.05) is 11.9 Å². The van der Waals surface area contributed by atoms with Gasteiger partial charge >= 0.3 is 5.69 Å². The van der Waals surface area contributed by atoms with Gasteiger partial charge in [0.15, 0.2) is 17.0 Å². The molecule has 1 aliphatic rings. The molecule has 5 N–H and O–H groups in total. The molecule has 0 bridgehead atoms. The lowest BCUT2D eigenvalue weighted by Gasteiger charge is -2.20. The molecule has 11 nitrogen and oxygen atoms in total. The quantitative estimate of drug-likeness (QED) is 0.195. The van der Waals surface area contributed by atoms with E-state index in [1.807, 2.05) is 36.4 Å². The van der Waals surface area contributed by atoms with Crippen molar-refractivity contribution in [3.8, 4) is 5.88 Å². The number of rotatable bonds is 7.